The molecule has 0 radical (unpaired) electrons. The van der Waals surface area contributed by atoms with E-state index in [0.717, 1.165) is 11.3 Å². The molecular formula is C18H13N7O3. The summed E-state index contributed by atoms with van der Waals surface area (Å²) in [5.41, 5.74) is 2.35. The van der Waals surface area contributed by atoms with Gasteiger partial charge in [0, 0.05) is 29.1 Å². The Morgan fingerprint density at radius 3 is 2.79 bits per heavy atom. The predicted octanol–water partition coefficient (Wildman–Crippen LogP) is 2.82. The van der Waals surface area contributed by atoms with E-state index in [2.05, 4.69) is 25.6 Å². The second-order valence-electron chi connectivity index (χ2n) is 5.81. The van der Waals surface area contributed by atoms with Crippen molar-refractivity contribution in [1.29, 1.82) is 0 Å². The van der Waals surface area contributed by atoms with Gasteiger partial charge >= 0.3 is 0 Å². The largest absolute Gasteiger partial charge is 0.322 e. The monoisotopic (exact) mass is 375 g/mol. The van der Waals surface area contributed by atoms with Crippen LogP contribution in [0.4, 0.5) is 11.4 Å². The highest BCUT2D eigenvalue weighted by atomic mass is 16.6. The average molecular weight is 375 g/mol. The van der Waals surface area contributed by atoms with E-state index in [0.29, 0.717) is 5.69 Å². The lowest BCUT2D eigenvalue weighted by molar-refractivity contribution is -0.384. The minimum atomic E-state index is -0.563. The molecule has 0 atom stereocenters. The first-order chi connectivity index (χ1) is 13.6. The highest BCUT2D eigenvalue weighted by Crippen LogP contribution is 2.25. The highest BCUT2D eigenvalue weighted by molar-refractivity contribution is 6.05. The Labute approximate surface area is 158 Å². The van der Waals surface area contributed by atoms with Crippen LogP contribution in [0.1, 0.15) is 10.4 Å². The quantitative estimate of drug-likeness (QED) is 0.407. The summed E-state index contributed by atoms with van der Waals surface area (Å²) >= 11 is 0. The van der Waals surface area contributed by atoms with Crippen molar-refractivity contribution in [2.45, 2.75) is 0 Å². The molecule has 10 nitrogen and oxygen atoms in total. The van der Waals surface area contributed by atoms with Crippen molar-refractivity contribution in [2.75, 3.05) is 5.32 Å². The number of aromatic amines is 1. The van der Waals surface area contributed by atoms with E-state index in [-0.39, 0.29) is 16.9 Å². The van der Waals surface area contributed by atoms with Crippen LogP contribution < -0.4 is 5.32 Å². The van der Waals surface area contributed by atoms with Crippen LogP contribution in [0.3, 0.4) is 0 Å². The topological polar surface area (TPSA) is 132 Å². The lowest BCUT2D eigenvalue weighted by atomic mass is 10.1. The van der Waals surface area contributed by atoms with Crippen LogP contribution in [0.2, 0.25) is 0 Å². The first-order valence-corrected chi connectivity index (χ1v) is 8.16. The molecule has 28 heavy (non-hydrogen) atoms. The molecule has 10 heteroatoms. The van der Waals surface area contributed by atoms with Gasteiger partial charge in [0.1, 0.15) is 18.3 Å². The Kier molecular flexibility index (Phi) is 4.34. The Bertz CT molecular complexity index is 1140. The van der Waals surface area contributed by atoms with Crippen molar-refractivity contribution in [3.63, 3.8) is 0 Å². The van der Waals surface area contributed by atoms with Crippen molar-refractivity contribution in [1.82, 2.24) is 25.0 Å². The maximum absolute atomic E-state index is 12.6. The van der Waals surface area contributed by atoms with Crippen molar-refractivity contribution < 1.29 is 9.72 Å². The molecule has 0 bridgehead atoms. The summed E-state index contributed by atoms with van der Waals surface area (Å²) in [4.78, 5) is 27.2. The van der Waals surface area contributed by atoms with Gasteiger partial charge in [-0.2, -0.15) is 10.2 Å². The molecule has 0 aliphatic rings. The van der Waals surface area contributed by atoms with Gasteiger partial charge in [0.15, 0.2) is 0 Å². The van der Waals surface area contributed by atoms with Crippen LogP contribution in [0, 0.1) is 10.1 Å². The number of aromatic nitrogens is 5. The summed E-state index contributed by atoms with van der Waals surface area (Å²) in [7, 11) is 0. The number of hydrogen-bond donors (Lipinski definition) is 2. The fraction of sp³-hybridized carbons (Fsp3) is 0. The second-order valence-corrected chi connectivity index (χ2v) is 5.81. The number of anilines is 1. The molecular weight excluding hydrogens is 362 g/mol. The van der Waals surface area contributed by atoms with Gasteiger partial charge < -0.3 is 5.32 Å². The lowest BCUT2D eigenvalue weighted by Crippen LogP contribution is -2.13. The number of H-pyrrole nitrogens is 1. The molecule has 1 amide bonds. The van der Waals surface area contributed by atoms with Gasteiger partial charge in [-0.05, 0) is 30.3 Å². The standard InChI is InChI=1S/C18H13N7O3/c26-18(22-14-3-1-2-12(8-14)15-6-7-20-23-15)13-4-5-16(17(9-13)25(27)28)24-11-19-10-21-24/h1-11H,(H,20,23)(H,22,26). The van der Waals surface area contributed by atoms with E-state index >= 15 is 0 Å². The van der Waals surface area contributed by atoms with Gasteiger partial charge in [-0.1, -0.05) is 12.1 Å². The fourth-order valence-electron chi connectivity index (χ4n) is 2.72. The van der Waals surface area contributed by atoms with Gasteiger partial charge in [0.25, 0.3) is 11.6 Å². The minimum Gasteiger partial charge on any atom is -0.322 e. The molecule has 2 aromatic heterocycles. The zero-order valence-electron chi connectivity index (χ0n) is 14.3. The van der Waals surface area contributed by atoms with Crippen LogP contribution in [-0.2, 0) is 0 Å². The number of carbonyl (C=O) groups is 1. The van der Waals surface area contributed by atoms with Gasteiger partial charge in [-0.25, -0.2) is 9.67 Å². The van der Waals surface area contributed by atoms with Crippen molar-refractivity contribution in [3.8, 4) is 16.9 Å². The molecule has 2 aromatic carbocycles. The molecule has 0 saturated carbocycles. The number of nitro groups is 1. The molecule has 0 spiro atoms. The van der Waals surface area contributed by atoms with Crippen molar-refractivity contribution >= 4 is 17.3 Å². The summed E-state index contributed by atoms with van der Waals surface area (Å²) in [5.74, 6) is -0.463. The van der Waals surface area contributed by atoms with Gasteiger partial charge in [-0.3, -0.25) is 20.0 Å². The first kappa shape index (κ1) is 17.1. The Morgan fingerprint density at radius 2 is 2.07 bits per heavy atom. The summed E-state index contributed by atoms with van der Waals surface area (Å²) in [6.07, 6.45) is 4.26. The molecule has 0 aliphatic carbocycles. The molecule has 2 N–H and O–H groups in total. The van der Waals surface area contributed by atoms with E-state index in [1.807, 2.05) is 12.1 Å². The highest BCUT2D eigenvalue weighted by Gasteiger charge is 2.19. The van der Waals surface area contributed by atoms with Crippen LogP contribution in [0.25, 0.3) is 16.9 Å². The third-order valence-corrected chi connectivity index (χ3v) is 4.03. The summed E-state index contributed by atoms with van der Waals surface area (Å²) in [6, 6.07) is 13.2. The number of carbonyl (C=O) groups excluding carboxylic acids is 1. The van der Waals surface area contributed by atoms with E-state index in [4.69, 9.17) is 0 Å². The lowest BCUT2D eigenvalue weighted by Gasteiger charge is -2.08. The maximum Gasteiger partial charge on any atom is 0.295 e. The van der Waals surface area contributed by atoms with Gasteiger partial charge in [0.05, 0.1) is 10.6 Å². The summed E-state index contributed by atoms with van der Waals surface area (Å²) in [5, 5.41) is 24.8. The zero-order valence-corrected chi connectivity index (χ0v) is 14.3. The fourth-order valence-corrected chi connectivity index (χ4v) is 2.72. The maximum atomic E-state index is 12.6. The van der Waals surface area contributed by atoms with E-state index in [1.165, 1.54) is 35.5 Å². The van der Waals surface area contributed by atoms with Crippen molar-refractivity contribution in [2.24, 2.45) is 0 Å². The van der Waals surface area contributed by atoms with Crippen LogP contribution in [0.5, 0.6) is 0 Å². The SMILES string of the molecule is O=C(Nc1cccc(-c2ccn[nH]2)c1)c1ccc(-n2cncn2)c([N+](=O)[O-])c1. The third-order valence-electron chi connectivity index (χ3n) is 4.03. The van der Waals surface area contributed by atoms with Gasteiger partial charge in [-0.15, -0.1) is 0 Å². The van der Waals surface area contributed by atoms with Crippen LogP contribution >= 0.6 is 0 Å². The molecule has 0 aliphatic heterocycles. The molecule has 0 saturated heterocycles. The number of rotatable bonds is 5. The number of nitro benzene ring substituents is 1. The summed E-state index contributed by atoms with van der Waals surface area (Å²) in [6.45, 7) is 0. The van der Waals surface area contributed by atoms with Crippen LogP contribution in [-0.4, -0.2) is 35.8 Å². The zero-order chi connectivity index (χ0) is 19.5. The third kappa shape index (κ3) is 3.33. The molecule has 2 heterocycles. The molecule has 138 valence electrons. The Balaban J connectivity index is 1.61. The normalized spacial score (nSPS) is 10.6. The molecule has 0 unspecified atom stereocenters. The first-order valence-electron chi connectivity index (χ1n) is 8.16. The number of amides is 1. The Hall–Kier alpha value is -4.34. The summed E-state index contributed by atoms with van der Waals surface area (Å²) < 4.78 is 1.27. The van der Waals surface area contributed by atoms with E-state index in [1.54, 1.807) is 24.4 Å². The molecule has 4 rings (SSSR count). The smallest absolute Gasteiger partial charge is 0.295 e. The van der Waals surface area contributed by atoms with E-state index < -0.39 is 10.8 Å². The number of nitrogens with one attached hydrogen (secondary N) is 2. The van der Waals surface area contributed by atoms with Crippen molar-refractivity contribution in [3.05, 3.63) is 83.1 Å². The molecule has 4 aromatic rings. The average Bonchev–Trinajstić information content (AvgIpc) is 3.41. The molecule has 0 fully saturated rings. The number of benzene rings is 2. The Morgan fingerprint density at radius 1 is 1.18 bits per heavy atom. The second kappa shape index (κ2) is 7.11. The van der Waals surface area contributed by atoms with Crippen LogP contribution in [0.15, 0.2) is 67.4 Å². The number of nitrogens with zero attached hydrogens (tertiary/aromatic N) is 5. The number of hydrogen-bond acceptors (Lipinski definition) is 6. The van der Waals surface area contributed by atoms with Gasteiger partial charge in [0.2, 0.25) is 0 Å². The minimum absolute atomic E-state index is 0.155. The van der Waals surface area contributed by atoms with E-state index in [9.17, 15) is 14.9 Å². The predicted molar refractivity (Wildman–Crippen MR) is 100.0 cm³/mol.